The van der Waals surface area contributed by atoms with Crippen LogP contribution in [0.2, 0.25) is 0 Å². The van der Waals surface area contributed by atoms with Gasteiger partial charge in [-0.1, -0.05) is 31.2 Å². The van der Waals surface area contributed by atoms with Crippen LogP contribution in [0.25, 0.3) is 28.5 Å². The van der Waals surface area contributed by atoms with E-state index in [0.717, 1.165) is 23.1 Å². The van der Waals surface area contributed by atoms with Crippen LogP contribution in [0, 0.1) is 0 Å². The second kappa shape index (κ2) is 8.94. The van der Waals surface area contributed by atoms with Crippen LogP contribution in [0.4, 0.5) is 5.82 Å². The predicted molar refractivity (Wildman–Crippen MR) is 122 cm³/mol. The Bertz CT molecular complexity index is 1330. The Morgan fingerprint density at radius 2 is 1.81 bits per heavy atom. The molecule has 9 heteroatoms. The first-order valence-electron chi connectivity index (χ1n) is 10.2. The molecule has 162 valence electrons. The van der Waals surface area contributed by atoms with Crippen molar-refractivity contribution in [3.8, 4) is 34.5 Å². The molecule has 4 rings (SSSR count). The normalized spacial score (nSPS) is 10.9. The number of nitrogens with two attached hydrogens (primary N) is 1. The molecule has 0 bridgehead atoms. The lowest BCUT2D eigenvalue weighted by Gasteiger charge is -2.13. The lowest BCUT2D eigenvalue weighted by molar-refractivity contribution is 0.430. The van der Waals surface area contributed by atoms with Gasteiger partial charge in [-0.25, -0.2) is 9.78 Å². The monoisotopic (exact) mass is 429 g/mol. The molecule has 32 heavy (non-hydrogen) atoms. The fourth-order valence-electron chi connectivity index (χ4n) is 3.43. The fraction of sp³-hybridized carbons (Fsp3) is 0.174. The molecule has 0 saturated heterocycles. The molecular formula is C23H23N7O2. The number of aromatic nitrogens is 5. The molecule has 4 aromatic rings. The van der Waals surface area contributed by atoms with Gasteiger partial charge in [0.15, 0.2) is 11.6 Å². The third-order valence-electron chi connectivity index (χ3n) is 4.98. The topological polar surface area (TPSA) is 132 Å². The summed E-state index contributed by atoms with van der Waals surface area (Å²) >= 11 is 0. The average Bonchev–Trinajstić information content (AvgIpc) is 2.79. The van der Waals surface area contributed by atoms with Crippen molar-refractivity contribution in [1.29, 1.82) is 0 Å². The van der Waals surface area contributed by atoms with Crippen molar-refractivity contribution in [1.82, 2.24) is 29.8 Å². The summed E-state index contributed by atoms with van der Waals surface area (Å²) in [7, 11) is 1.84. The minimum Gasteiger partial charge on any atom is -0.479 e. The average molecular weight is 429 g/mol. The standard InChI is InChI=1S/C23H23N7O2/c1-3-14-5-4-6-16(11-14)20-27-21(29-22(31)28-20)17-12-15(13-25-2)7-8-18(17)30-10-9-19(24)26-23(30)32/h4-12,25H,3,13H2,1-2H3,(H2,24,26,32)(H,27,28,29,31). The van der Waals surface area contributed by atoms with Crippen molar-refractivity contribution in [2.24, 2.45) is 0 Å². The van der Waals surface area contributed by atoms with Crippen LogP contribution < -0.4 is 16.7 Å². The number of rotatable bonds is 6. The second-order valence-electron chi connectivity index (χ2n) is 7.22. The minimum atomic E-state index is -0.526. The number of nitrogens with one attached hydrogen (secondary N) is 1. The molecular weight excluding hydrogens is 406 g/mol. The molecule has 0 radical (unpaired) electrons. The summed E-state index contributed by atoms with van der Waals surface area (Å²) in [6.45, 7) is 2.66. The second-order valence-corrected chi connectivity index (χ2v) is 7.22. The number of nitrogen functional groups attached to an aromatic ring is 1. The van der Waals surface area contributed by atoms with Crippen LogP contribution in [0.3, 0.4) is 0 Å². The van der Waals surface area contributed by atoms with Gasteiger partial charge in [-0.05, 0) is 48.9 Å². The van der Waals surface area contributed by atoms with Gasteiger partial charge in [-0.3, -0.25) is 4.57 Å². The van der Waals surface area contributed by atoms with Crippen molar-refractivity contribution < 1.29 is 5.11 Å². The summed E-state index contributed by atoms with van der Waals surface area (Å²) in [6, 6.07) is 14.5. The first-order chi connectivity index (χ1) is 15.5. The van der Waals surface area contributed by atoms with Gasteiger partial charge in [0.1, 0.15) is 5.82 Å². The SMILES string of the molecule is CCc1cccc(-c2nc(O)nc(-c3cc(CNC)ccc3-n3ccc(N)nc3=O)n2)c1. The van der Waals surface area contributed by atoms with Gasteiger partial charge in [-0.2, -0.15) is 15.0 Å². The van der Waals surface area contributed by atoms with E-state index >= 15 is 0 Å². The van der Waals surface area contributed by atoms with Gasteiger partial charge in [0, 0.05) is 23.9 Å². The number of nitrogens with zero attached hydrogens (tertiary/aromatic N) is 5. The molecule has 0 aliphatic heterocycles. The first-order valence-corrected chi connectivity index (χ1v) is 10.2. The van der Waals surface area contributed by atoms with Gasteiger partial charge in [0.05, 0.1) is 5.69 Å². The van der Waals surface area contributed by atoms with Crippen molar-refractivity contribution >= 4 is 5.82 Å². The highest BCUT2D eigenvalue weighted by atomic mass is 16.3. The van der Waals surface area contributed by atoms with Crippen LogP contribution in [-0.2, 0) is 13.0 Å². The third kappa shape index (κ3) is 4.33. The Morgan fingerprint density at radius 1 is 1.00 bits per heavy atom. The lowest BCUT2D eigenvalue weighted by atomic mass is 10.1. The van der Waals surface area contributed by atoms with Gasteiger partial charge in [0.25, 0.3) is 0 Å². The van der Waals surface area contributed by atoms with Gasteiger partial charge in [0.2, 0.25) is 0 Å². The Hall–Kier alpha value is -4.11. The molecule has 0 aliphatic rings. The maximum absolute atomic E-state index is 12.5. The predicted octanol–water partition coefficient (Wildman–Crippen LogP) is 2.32. The molecule has 0 amide bonds. The summed E-state index contributed by atoms with van der Waals surface area (Å²) in [5.41, 5.74) is 9.04. The first kappa shape index (κ1) is 21.1. The lowest BCUT2D eigenvalue weighted by Crippen LogP contribution is -2.22. The van der Waals surface area contributed by atoms with E-state index in [2.05, 4.69) is 32.2 Å². The molecule has 0 unspecified atom stereocenters. The van der Waals surface area contributed by atoms with Crippen molar-refractivity contribution in [3.63, 3.8) is 0 Å². The number of anilines is 1. The molecule has 0 atom stereocenters. The number of aryl methyl sites for hydroxylation is 1. The molecule has 0 fully saturated rings. The molecule has 9 nitrogen and oxygen atoms in total. The Morgan fingerprint density at radius 3 is 2.56 bits per heavy atom. The van der Waals surface area contributed by atoms with Crippen molar-refractivity contribution in [2.45, 2.75) is 19.9 Å². The third-order valence-corrected chi connectivity index (χ3v) is 4.98. The van der Waals surface area contributed by atoms with Crippen LogP contribution in [0.1, 0.15) is 18.1 Å². The maximum atomic E-state index is 12.5. The highest BCUT2D eigenvalue weighted by molar-refractivity contribution is 5.70. The van der Waals surface area contributed by atoms with E-state index in [9.17, 15) is 9.90 Å². The number of aromatic hydroxyl groups is 1. The molecule has 2 aromatic heterocycles. The minimum absolute atomic E-state index is 0.135. The zero-order chi connectivity index (χ0) is 22.7. The maximum Gasteiger partial charge on any atom is 0.354 e. The van der Waals surface area contributed by atoms with E-state index in [-0.39, 0.29) is 11.6 Å². The van der Waals surface area contributed by atoms with E-state index in [1.807, 2.05) is 43.4 Å². The van der Waals surface area contributed by atoms with Crippen LogP contribution in [-0.4, -0.2) is 36.7 Å². The molecule has 0 aliphatic carbocycles. The molecule has 0 spiro atoms. The highest BCUT2D eigenvalue weighted by Gasteiger charge is 2.16. The van der Waals surface area contributed by atoms with Crippen LogP contribution in [0.15, 0.2) is 59.5 Å². The molecule has 0 saturated carbocycles. The highest BCUT2D eigenvalue weighted by Crippen LogP contribution is 2.28. The molecule has 4 N–H and O–H groups in total. The van der Waals surface area contributed by atoms with Gasteiger partial charge >= 0.3 is 11.7 Å². The van der Waals surface area contributed by atoms with E-state index in [0.29, 0.717) is 23.6 Å². The van der Waals surface area contributed by atoms with E-state index in [4.69, 9.17) is 5.73 Å². The summed E-state index contributed by atoms with van der Waals surface area (Å²) in [4.78, 5) is 29.2. The van der Waals surface area contributed by atoms with Gasteiger partial charge in [-0.15, -0.1) is 0 Å². The number of hydrogen-bond acceptors (Lipinski definition) is 8. The van der Waals surface area contributed by atoms with Crippen molar-refractivity contribution in [2.75, 3.05) is 12.8 Å². The smallest absolute Gasteiger partial charge is 0.354 e. The number of hydrogen-bond donors (Lipinski definition) is 3. The van der Waals surface area contributed by atoms with Crippen molar-refractivity contribution in [3.05, 3.63) is 76.3 Å². The summed E-state index contributed by atoms with van der Waals surface area (Å²) in [6.07, 6.45) is 2.41. The Labute approximate surface area is 184 Å². The quantitative estimate of drug-likeness (QED) is 0.425. The number of benzene rings is 2. The molecule has 2 heterocycles. The zero-order valence-corrected chi connectivity index (χ0v) is 17.8. The summed E-state index contributed by atoms with van der Waals surface area (Å²) < 4.78 is 1.37. The zero-order valence-electron chi connectivity index (χ0n) is 17.8. The summed E-state index contributed by atoms with van der Waals surface area (Å²) in [5.74, 6) is 0.720. The van der Waals surface area contributed by atoms with E-state index < -0.39 is 11.7 Å². The molecule has 2 aromatic carbocycles. The van der Waals surface area contributed by atoms with E-state index in [1.165, 1.54) is 4.57 Å². The van der Waals surface area contributed by atoms with Crippen LogP contribution >= 0.6 is 0 Å². The van der Waals surface area contributed by atoms with Gasteiger partial charge < -0.3 is 16.2 Å². The summed E-state index contributed by atoms with van der Waals surface area (Å²) in [5, 5.41) is 13.4. The van der Waals surface area contributed by atoms with E-state index in [1.54, 1.807) is 18.3 Å². The fourth-order valence-corrected chi connectivity index (χ4v) is 3.43. The van der Waals surface area contributed by atoms with Crippen LogP contribution in [0.5, 0.6) is 6.01 Å². The Kier molecular flexibility index (Phi) is 5.91. The largest absolute Gasteiger partial charge is 0.479 e. The Balaban J connectivity index is 1.92.